The number of nitrogens with zero attached hydrogens (tertiary/aromatic N) is 5. The van der Waals surface area contributed by atoms with Crippen molar-refractivity contribution in [1.82, 2.24) is 19.9 Å². The lowest BCUT2D eigenvalue weighted by molar-refractivity contribution is -0.0248. The topological polar surface area (TPSA) is 71.5 Å². The highest BCUT2D eigenvalue weighted by Crippen LogP contribution is 2.23. The summed E-state index contributed by atoms with van der Waals surface area (Å²) in [6, 6.07) is 7.44. The quantitative estimate of drug-likeness (QED) is 0.846. The lowest BCUT2D eigenvalue weighted by Crippen LogP contribution is -2.42. The van der Waals surface area contributed by atoms with Gasteiger partial charge in [-0.15, -0.1) is 0 Å². The molecule has 0 radical (unpaired) electrons. The summed E-state index contributed by atoms with van der Waals surface area (Å²) in [4.78, 5) is 28.7. The molecule has 0 aliphatic carbocycles. The van der Waals surface area contributed by atoms with Gasteiger partial charge >= 0.3 is 0 Å². The van der Waals surface area contributed by atoms with E-state index < -0.39 is 0 Å². The van der Waals surface area contributed by atoms with Gasteiger partial charge in [0.05, 0.1) is 18.8 Å². The van der Waals surface area contributed by atoms with Crippen LogP contribution < -0.4 is 4.90 Å². The van der Waals surface area contributed by atoms with Crippen molar-refractivity contribution in [1.29, 1.82) is 0 Å². The van der Waals surface area contributed by atoms with Gasteiger partial charge in [-0.25, -0.2) is 15.0 Å². The minimum absolute atomic E-state index is 0.107. The number of pyridine rings is 1. The van der Waals surface area contributed by atoms with Crippen molar-refractivity contribution in [3.05, 3.63) is 48.2 Å². The third-order valence-electron chi connectivity index (χ3n) is 3.70. The fourth-order valence-corrected chi connectivity index (χ4v) is 2.46. The van der Waals surface area contributed by atoms with Gasteiger partial charge in [-0.1, -0.05) is 6.07 Å². The molecule has 1 aliphatic heterocycles. The second-order valence-electron chi connectivity index (χ2n) is 5.52. The zero-order valence-electron chi connectivity index (χ0n) is 13.2. The maximum atomic E-state index is 12.5. The second-order valence-corrected chi connectivity index (χ2v) is 5.52. The van der Waals surface area contributed by atoms with Crippen LogP contribution in [0.15, 0.2) is 36.8 Å². The normalized spacial score (nSPS) is 17.8. The molecule has 7 heteroatoms. The molecule has 0 N–H and O–H groups in total. The standard InChI is InChI=1S/C16H19N5O2/c1-20(2)15-5-3-4-12(19-15)14-10-21(8-9-23-14)16(22)13-6-7-17-11-18-13/h3-7,11,14H,8-10H2,1-2H3. The second kappa shape index (κ2) is 6.70. The number of hydrogen-bond acceptors (Lipinski definition) is 6. The summed E-state index contributed by atoms with van der Waals surface area (Å²) in [5, 5.41) is 0. The van der Waals surface area contributed by atoms with Gasteiger partial charge in [0.25, 0.3) is 5.91 Å². The van der Waals surface area contributed by atoms with Crippen molar-refractivity contribution in [2.24, 2.45) is 0 Å². The Kier molecular flexibility index (Phi) is 4.47. The van der Waals surface area contributed by atoms with Crippen molar-refractivity contribution < 1.29 is 9.53 Å². The maximum absolute atomic E-state index is 12.5. The average Bonchev–Trinajstić information content (AvgIpc) is 2.62. The molecule has 1 unspecified atom stereocenters. The minimum Gasteiger partial charge on any atom is -0.368 e. The number of aromatic nitrogens is 3. The van der Waals surface area contributed by atoms with Gasteiger partial charge in [0.15, 0.2) is 0 Å². The van der Waals surface area contributed by atoms with Gasteiger partial charge in [-0.2, -0.15) is 0 Å². The number of morpholine rings is 1. The van der Waals surface area contributed by atoms with E-state index in [1.807, 2.05) is 37.2 Å². The molecule has 0 bridgehead atoms. The molecule has 1 aliphatic rings. The van der Waals surface area contributed by atoms with E-state index in [1.165, 1.54) is 6.33 Å². The molecule has 7 nitrogen and oxygen atoms in total. The Balaban J connectivity index is 1.76. The molecular formula is C16H19N5O2. The van der Waals surface area contributed by atoms with E-state index in [4.69, 9.17) is 4.74 Å². The fraction of sp³-hybridized carbons (Fsp3) is 0.375. The Labute approximate surface area is 134 Å². The zero-order valence-corrected chi connectivity index (χ0v) is 13.2. The van der Waals surface area contributed by atoms with Crippen LogP contribution in [0.25, 0.3) is 0 Å². The average molecular weight is 313 g/mol. The molecule has 1 amide bonds. The molecule has 23 heavy (non-hydrogen) atoms. The highest BCUT2D eigenvalue weighted by atomic mass is 16.5. The SMILES string of the molecule is CN(C)c1cccc(C2CN(C(=O)c3ccncn3)CCO2)n1. The Hall–Kier alpha value is -2.54. The monoisotopic (exact) mass is 313 g/mol. The first-order chi connectivity index (χ1) is 11.1. The molecule has 0 spiro atoms. The van der Waals surface area contributed by atoms with E-state index in [-0.39, 0.29) is 12.0 Å². The molecule has 1 fully saturated rings. The first kappa shape index (κ1) is 15.4. The van der Waals surface area contributed by atoms with Crippen LogP contribution in [0.4, 0.5) is 5.82 Å². The van der Waals surface area contributed by atoms with Gasteiger partial charge in [-0.05, 0) is 18.2 Å². The van der Waals surface area contributed by atoms with E-state index in [1.54, 1.807) is 17.2 Å². The zero-order chi connectivity index (χ0) is 16.2. The van der Waals surface area contributed by atoms with Crippen molar-refractivity contribution in [3.8, 4) is 0 Å². The lowest BCUT2D eigenvalue weighted by Gasteiger charge is -2.32. The predicted octanol–water partition coefficient (Wildman–Crippen LogP) is 1.15. The number of carbonyl (C=O) groups excluding carboxylic acids is 1. The van der Waals surface area contributed by atoms with Crippen LogP contribution in [-0.2, 0) is 4.74 Å². The van der Waals surface area contributed by atoms with E-state index in [2.05, 4.69) is 15.0 Å². The summed E-state index contributed by atoms with van der Waals surface area (Å²) < 4.78 is 5.81. The predicted molar refractivity (Wildman–Crippen MR) is 85.2 cm³/mol. The molecule has 2 aromatic heterocycles. The van der Waals surface area contributed by atoms with E-state index in [0.717, 1.165) is 11.5 Å². The molecule has 2 aromatic rings. The highest BCUT2D eigenvalue weighted by Gasteiger charge is 2.27. The summed E-state index contributed by atoms with van der Waals surface area (Å²) in [7, 11) is 3.89. The van der Waals surface area contributed by atoms with Crippen molar-refractivity contribution in [2.75, 3.05) is 38.7 Å². The summed E-state index contributed by atoms with van der Waals surface area (Å²) in [5.41, 5.74) is 1.23. The number of anilines is 1. The fourth-order valence-electron chi connectivity index (χ4n) is 2.46. The van der Waals surface area contributed by atoms with Crippen molar-refractivity contribution in [3.63, 3.8) is 0 Å². The van der Waals surface area contributed by atoms with Gasteiger partial charge in [-0.3, -0.25) is 4.79 Å². The largest absolute Gasteiger partial charge is 0.368 e. The summed E-state index contributed by atoms with van der Waals surface area (Å²) in [6.07, 6.45) is 2.72. The Bertz CT molecular complexity index is 677. The van der Waals surface area contributed by atoms with E-state index in [9.17, 15) is 4.79 Å². The van der Waals surface area contributed by atoms with Crippen molar-refractivity contribution >= 4 is 11.7 Å². The molecule has 3 heterocycles. The summed E-state index contributed by atoms with van der Waals surface area (Å²) in [5.74, 6) is 0.759. The van der Waals surface area contributed by atoms with E-state index in [0.29, 0.717) is 25.4 Å². The number of carbonyl (C=O) groups is 1. The van der Waals surface area contributed by atoms with Crippen LogP contribution >= 0.6 is 0 Å². The molecule has 0 saturated carbocycles. The van der Waals surface area contributed by atoms with Crippen molar-refractivity contribution in [2.45, 2.75) is 6.10 Å². The Morgan fingerprint density at radius 2 is 2.22 bits per heavy atom. The molecule has 1 atom stereocenters. The Morgan fingerprint density at radius 1 is 1.35 bits per heavy atom. The van der Waals surface area contributed by atoms with Gasteiger partial charge in [0, 0.05) is 26.8 Å². The molecule has 0 aromatic carbocycles. The molecule has 3 rings (SSSR count). The number of rotatable bonds is 3. The van der Waals surface area contributed by atoms with Crippen LogP contribution in [-0.4, -0.2) is 59.6 Å². The first-order valence-corrected chi connectivity index (χ1v) is 7.46. The minimum atomic E-state index is -0.227. The third kappa shape index (κ3) is 3.45. The maximum Gasteiger partial charge on any atom is 0.272 e. The van der Waals surface area contributed by atoms with Crippen LogP contribution in [0.2, 0.25) is 0 Å². The summed E-state index contributed by atoms with van der Waals surface area (Å²) >= 11 is 0. The highest BCUT2D eigenvalue weighted by molar-refractivity contribution is 5.92. The van der Waals surface area contributed by atoms with Gasteiger partial charge < -0.3 is 14.5 Å². The number of ether oxygens (including phenoxy) is 1. The molecule has 120 valence electrons. The number of amides is 1. The van der Waals surface area contributed by atoms with Crippen LogP contribution in [0.3, 0.4) is 0 Å². The van der Waals surface area contributed by atoms with Gasteiger partial charge in [0.1, 0.15) is 23.9 Å². The lowest BCUT2D eigenvalue weighted by atomic mass is 10.1. The molecular weight excluding hydrogens is 294 g/mol. The smallest absolute Gasteiger partial charge is 0.272 e. The van der Waals surface area contributed by atoms with Gasteiger partial charge in [0.2, 0.25) is 0 Å². The van der Waals surface area contributed by atoms with E-state index >= 15 is 0 Å². The first-order valence-electron chi connectivity index (χ1n) is 7.46. The molecule has 1 saturated heterocycles. The van der Waals surface area contributed by atoms with Crippen LogP contribution in [0, 0.1) is 0 Å². The Morgan fingerprint density at radius 3 is 2.96 bits per heavy atom. The van der Waals surface area contributed by atoms with Crippen LogP contribution in [0.1, 0.15) is 22.3 Å². The number of hydrogen-bond donors (Lipinski definition) is 0. The summed E-state index contributed by atoms with van der Waals surface area (Å²) in [6.45, 7) is 1.49. The van der Waals surface area contributed by atoms with Crippen LogP contribution in [0.5, 0.6) is 0 Å². The third-order valence-corrected chi connectivity index (χ3v) is 3.70.